The van der Waals surface area contributed by atoms with E-state index >= 15 is 0 Å². The number of halogens is 3. The van der Waals surface area contributed by atoms with E-state index in [1.165, 1.54) is 19.2 Å². The zero-order valence-electron chi connectivity index (χ0n) is 10.1. The van der Waals surface area contributed by atoms with Crippen LogP contribution in [0.2, 0.25) is 0 Å². The van der Waals surface area contributed by atoms with E-state index in [0.29, 0.717) is 0 Å². The molecule has 18 heavy (non-hydrogen) atoms. The van der Waals surface area contributed by atoms with Gasteiger partial charge >= 0.3 is 6.18 Å². The van der Waals surface area contributed by atoms with Gasteiger partial charge in [-0.05, 0) is 36.5 Å². The first-order valence-electron chi connectivity index (χ1n) is 5.94. The van der Waals surface area contributed by atoms with Gasteiger partial charge in [0.2, 0.25) is 0 Å². The number of rotatable bonds is 3. The van der Waals surface area contributed by atoms with Gasteiger partial charge < -0.3 is 10.5 Å². The second-order valence-corrected chi connectivity index (χ2v) is 4.67. The monoisotopic (exact) mass is 259 g/mol. The highest BCUT2D eigenvalue weighted by Gasteiger charge is 2.37. The van der Waals surface area contributed by atoms with Crippen LogP contribution >= 0.6 is 0 Å². The van der Waals surface area contributed by atoms with Gasteiger partial charge in [-0.1, -0.05) is 12.5 Å². The van der Waals surface area contributed by atoms with E-state index in [1.807, 2.05) is 0 Å². The summed E-state index contributed by atoms with van der Waals surface area (Å²) >= 11 is 0. The van der Waals surface area contributed by atoms with E-state index in [4.69, 9.17) is 10.5 Å². The Labute approximate surface area is 104 Å². The van der Waals surface area contributed by atoms with Gasteiger partial charge in [0.1, 0.15) is 5.75 Å². The van der Waals surface area contributed by atoms with Crippen molar-refractivity contribution in [2.45, 2.75) is 31.5 Å². The molecule has 2 rings (SSSR count). The molecule has 1 aliphatic carbocycles. The Hall–Kier alpha value is -1.23. The first-order valence-corrected chi connectivity index (χ1v) is 5.94. The van der Waals surface area contributed by atoms with Gasteiger partial charge in [0, 0.05) is 6.04 Å². The van der Waals surface area contributed by atoms with Crippen LogP contribution in [0.1, 0.15) is 36.4 Å². The van der Waals surface area contributed by atoms with Crippen molar-refractivity contribution in [2.24, 2.45) is 11.7 Å². The second-order valence-electron chi connectivity index (χ2n) is 4.67. The number of ether oxygens (including phenoxy) is 1. The molecule has 0 amide bonds. The Kier molecular flexibility index (Phi) is 3.52. The number of hydrogen-bond acceptors (Lipinski definition) is 2. The average molecular weight is 259 g/mol. The minimum Gasteiger partial charge on any atom is -0.497 e. The van der Waals surface area contributed by atoms with E-state index in [-0.39, 0.29) is 17.2 Å². The standard InChI is InChI=1S/C13H16F3NO/c1-18-9-5-6-10(11(7-9)13(14,15)16)12(17)8-3-2-4-8/h5-8,12H,2-4,17H2,1H3/t12-/m1/s1. The number of hydrogen-bond donors (Lipinski definition) is 1. The number of nitrogens with two attached hydrogens (primary N) is 1. The quantitative estimate of drug-likeness (QED) is 0.901. The Balaban J connectivity index is 2.38. The molecule has 0 radical (unpaired) electrons. The van der Waals surface area contributed by atoms with Crippen molar-refractivity contribution in [3.05, 3.63) is 29.3 Å². The minimum atomic E-state index is -4.40. The van der Waals surface area contributed by atoms with Crippen molar-refractivity contribution in [2.75, 3.05) is 7.11 Å². The molecule has 0 spiro atoms. The fourth-order valence-corrected chi connectivity index (χ4v) is 2.25. The van der Waals surface area contributed by atoms with Crippen molar-refractivity contribution in [3.63, 3.8) is 0 Å². The molecule has 0 heterocycles. The van der Waals surface area contributed by atoms with Crippen LogP contribution in [-0.4, -0.2) is 7.11 Å². The molecule has 0 aromatic heterocycles. The summed E-state index contributed by atoms with van der Waals surface area (Å²) in [4.78, 5) is 0. The van der Waals surface area contributed by atoms with Gasteiger partial charge in [-0.15, -0.1) is 0 Å². The molecule has 0 bridgehead atoms. The molecular formula is C13H16F3NO. The van der Waals surface area contributed by atoms with Crippen molar-refractivity contribution in [1.29, 1.82) is 0 Å². The number of methoxy groups -OCH3 is 1. The van der Waals surface area contributed by atoms with Crippen LogP contribution in [0.25, 0.3) is 0 Å². The smallest absolute Gasteiger partial charge is 0.416 e. The first kappa shape index (κ1) is 13.2. The van der Waals surface area contributed by atoms with Crippen molar-refractivity contribution in [3.8, 4) is 5.75 Å². The highest BCUT2D eigenvalue weighted by molar-refractivity contribution is 5.39. The number of alkyl halides is 3. The van der Waals surface area contributed by atoms with Gasteiger partial charge in [0.25, 0.3) is 0 Å². The maximum Gasteiger partial charge on any atom is 0.416 e. The molecule has 1 saturated carbocycles. The van der Waals surface area contributed by atoms with Crippen LogP contribution in [0.5, 0.6) is 5.75 Å². The van der Waals surface area contributed by atoms with Crippen molar-refractivity contribution in [1.82, 2.24) is 0 Å². The van der Waals surface area contributed by atoms with E-state index in [2.05, 4.69) is 0 Å². The minimum absolute atomic E-state index is 0.166. The predicted molar refractivity (Wildman–Crippen MR) is 62.3 cm³/mol. The number of benzene rings is 1. The Morgan fingerprint density at radius 2 is 2.00 bits per heavy atom. The summed E-state index contributed by atoms with van der Waals surface area (Å²) in [5.74, 6) is 0.367. The van der Waals surface area contributed by atoms with E-state index in [9.17, 15) is 13.2 Å². The summed E-state index contributed by atoms with van der Waals surface area (Å²) in [6.45, 7) is 0. The molecule has 0 unspecified atom stereocenters. The van der Waals surface area contributed by atoms with Gasteiger partial charge in [-0.3, -0.25) is 0 Å². The fraction of sp³-hybridized carbons (Fsp3) is 0.538. The van der Waals surface area contributed by atoms with Gasteiger partial charge in [-0.2, -0.15) is 13.2 Å². The van der Waals surface area contributed by atoms with Crippen LogP contribution < -0.4 is 10.5 Å². The normalized spacial score (nSPS) is 18.3. The lowest BCUT2D eigenvalue weighted by atomic mass is 9.76. The molecule has 1 atom stereocenters. The summed E-state index contributed by atoms with van der Waals surface area (Å²) in [7, 11) is 1.35. The third kappa shape index (κ3) is 2.46. The van der Waals surface area contributed by atoms with Gasteiger partial charge in [-0.25, -0.2) is 0 Å². The topological polar surface area (TPSA) is 35.2 Å². The second kappa shape index (κ2) is 4.80. The molecule has 100 valence electrons. The molecule has 0 aliphatic heterocycles. The van der Waals surface area contributed by atoms with E-state index < -0.39 is 17.8 Å². The van der Waals surface area contributed by atoms with Crippen LogP contribution in [0.15, 0.2) is 18.2 Å². The third-order valence-electron chi connectivity index (χ3n) is 3.58. The fourth-order valence-electron chi connectivity index (χ4n) is 2.25. The molecule has 5 heteroatoms. The molecule has 2 nitrogen and oxygen atoms in total. The first-order chi connectivity index (χ1) is 8.43. The van der Waals surface area contributed by atoms with Gasteiger partial charge in [0.15, 0.2) is 0 Å². The van der Waals surface area contributed by atoms with E-state index in [0.717, 1.165) is 25.3 Å². The van der Waals surface area contributed by atoms with E-state index in [1.54, 1.807) is 0 Å². The summed E-state index contributed by atoms with van der Waals surface area (Å²) in [5.41, 5.74) is 5.44. The largest absolute Gasteiger partial charge is 0.497 e. The lowest BCUT2D eigenvalue weighted by molar-refractivity contribution is -0.138. The van der Waals surface area contributed by atoms with Crippen LogP contribution in [-0.2, 0) is 6.18 Å². The maximum absolute atomic E-state index is 13.0. The lowest BCUT2D eigenvalue weighted by Crippen LogP contribution is -2.29. The summed E-state index contributed by atoms with van der Waals surface area (Å²) < 4.78 is 43.8. The Morgan fingerprint density at radius 1 is 1.33 bits per heavy atom. The third-order valence-corrected chi connectivity index (χ3v) is 3.58. The van der Waals surface area contributed by atoms with Crippen LogP contribution in [0.3, 0.4) is 0 Å². The Bertz CT molecular complexity index is 427. The lowest BCUT2D eigenvalue weighted by Gasteiger charge is -2.32. The highest BCUT2D eigenvalue weighted by atomic mass is 19.4. The molecule has 0 saturated heterocycles. The van der Waals surface area contributed by atoms with Crippen molar-refractivity contribution < 1.29 is 17.9 Å². The zero-order chi connectivity index (χ0) is 13.3. The molecule has 1 aliphatic rings. The summed E-state index contributed by atoms with van der Waals surface area (Å²) in [5, 5.41) is 0. The summed E-state index contributed by atoms with van der Waals surface area (Å²) in [6, 6.07) is 3.45. The summed E-state index contributed by atoms with van der Waals surface area (Å²) in [6.07, 6.45) is -1.53. The molecular weight excluding hydrogens is 243 g/mol. The molecule has 2 N–H and O–H groups in total. The van der Waals surface area contributed by atoms with Crippen LogP contribution in [0, 0.1) is 5.92 Å². The highest BCUT2D eigenvalue weighted by Crippen LogP contribution is 2.42. The predicted octanol–water partition coefficient (Wildman–Crippen LogP) is 3.51. The average Bonchev–Trinajstić information content (AvgIpc) is 2.24. The molecule has 1 aromatic rings. The van der Waals surface area contributed by atoms with Crippen molar-refractivity contribution >= 4 is 0 Å². The molecule has 1 fully saturated rings. The Morgan fingerprint density at radius 3 is 2.44 bits per heavy atom. The maximum atomic E-state index is 13.0. The van der Waals surface area contributed by atoms with Gasteiger partial charge in [0.05, 0.1) is 12.7 Å². The SMILES string of the molecule is COc1ccc([C@H](N)C2CCC2)c(C(F)(F)F)c1. The van der Waals surface area contributed by atoms with Crippen LogP contribution in [0.4, 0.5) is 13.2 Å². The molecule has 1 aromatic carbocycles. The zero-order valence-corrected chi connectivity index (χ0v) is 10.1.